The number of hydrogen-bond donors (Lipinski definition) is 2. The third-order valence-corrected chi connectivity index (χ3v) is 5.34. The number of carbonyl (C=O) groups excluding carboxylic acids is 2. The normalized spacial score (nSPS) is 19.0. The Labute approximate surface area is 164 Å². The molecule has 3 rings (SSSR count). The van der Waals surface area contributed by atoms with Gasteiger partial charge in [-0.3, -0.25) is 14.6 Å². The summed E-state index contributed by atoms with van der Waals surface area (Å²) in [5.74, 6) is -0.286. The van der Waals surface area contributed by atoms with Gasteiger partial charge in [-0.25, -0.2) is 4.39 Å². The van der Waals surface area contributed by atoms with Gasteiger partial charge in [0.05, 0.1) is 0 Å². The van der Waals surface area contributed by atoms with Crippen LogP contribution in [0, 0.1) is 17.7 Å². The maximum Gasteiger partial charge on any atom is 0.223 e. The molecule has 1 aliphatic rings. The number of hydrogen-bond acceptors (Lipinski definition) is 3. The van der Waals surface area contributed by atoms with Crippen molar-refractivity contribution in [1.29, 1.82) is 0 Å². The summed E-state index contributed by atoms with van der Waals surface area (Å²) in [6, 6.07) is 10.4. The van der Waals surface area contributed by atoms with Gasteiger partial charge in [-0.15, -0.1) is 0 Å². The number of amides is 2. The van der Waals surface area contributed by atoms with E-state index < -0.39 is 0 Å². The van der Waals surface area contributed by atoms with E-state index in [9.17, 15) is 14.0 Å². The highest BCUT2D eigenvalue weighted by atomic mass is 19.1. The lowest BCUT2D eigenvalue weighted by atomic mass is 9.81. The van der Waals surface area contributed by atoms with Gasteiger partial charge in [0.15, 0.2) is 0 Å². The van der Waals surface area contributed by atoms with Gasteiger partial charge >= 0.3 is 0 Å². The zero-order valence-corrected chi connectivity index (χ0v) is 15.9. The molecule has 0 saturated heterocycles. The predicted octanol–water partition coefficient (Wildman–Crippen LogP) is 3.00. The van der Waals surface area contributed by atoms with Crippen LogP contribution in [0.1, 0.15) is 36.8 Å². The Morgan fingerprint density at radius 3 is 2.18 bits per heavy atom. The van der Waals surface area contributed by atoms with Crippen LogP contribution in [0.5, 0.6) is 0 Å². The number of pyridine rings is 1. The number of nitrogens with zero attached hydrogens (tertiary/aromatic N) is 1. The van der Waals surface area contributed by atoms with Gasteiger partial charge in [0.25, 0.3) is 0 Å². The summed E-state index contributed by atoms with van der Waals surface area (Å²) in [5, 5.41) is 5.87. The van der Waals surface area contributed by atoms with E-state index in [1.807, 2.05) is 12.1 Å². The lowest BCUT2D eigenvalue weighted by Gasteiger charge is -2.27. The van der Waals surface area contributed by atoms with Crippen LogP contribution < -0.4 is 10.6 Å². The molecule has 0 bridgehead atoms. The minimum atomic E-state index is -0.241. The second-order valence-electron chi connectivity index (χ2n) is 7.25. The average molecular weight is 383 g/mol. The van der Waals surface area contributed by atoms with Crippen LogP contribution in [0.25, 0.3) is 0 Å². The lowest BCUT2D eigenvalue weighted by Crippen LogP contribution is -2.38. The number of aromatic nitrogens is 1. The maximum atomic E-state index is 13.6. The highest BCUT2D eigenvalue weighted by molar-refractivity contribution is 5.81. The Morgan fingerprint density at radius 1 is 0.929 bits per heavy atom. The van der Waals surface area contributed by atoms with E-state index >= 15 is 0 Å². The van der Waals surface area contributed by atoms with Crippen LogP contribution in [0.2, 0.25) is 0 Å². The van der Waals surface area contributed by atoms with Crippen LogP contribution in [0.4, 0.5) is 4.39 Å². The highest BCUT2D eigenvalue weighted by Crippen LogP contribution is 2.29. The summed E-state index contributed by atoms with van der Waals surface area (Å²) in [6.07, 6.45) is 6.74. The van der Waals surface area contributed by atoms with E-state index in [0.29, 0.717) is 50.8 Å². The fourth-order valence-corrected chi connectivity index (χ4v) is 3.62. The van der Waals surface area contributed by atoms with E-state index in [4.69, 9.17) is 0 Å². The van der Waals surface area contributed by atoms with Crippen LogP contribution in [-0.2, 0) is 22.6 Å². The number of nitrogens with one attached hydrogen (secondary N) is 2. The average Bonchev–Trinajstić information content (AvgIpc) is 2.74. The van der Waals surface area contributed by atoms with Crippen molar-refractivity contribution < 1.29 is 14.0 Å². The molecule has 2 N–H and O–H groups in total. The molecular formula is C22H26FN3O2. The Kier molecular flexibility index (Phi) is 7.12. The van der Waals surface area contributed by atoms with Gasteiger partial charge in [-0.2, -0.15) is 0 Å². The van der Waals surface area contributed by atoms with Gasteiger partial charge in [0.2, 0.25) is 11.8 Å². The van der Waals surface area contributed by atoms with Crippen LogP contribution in [0.3, 0.4) is 0 Å². The van der Waals surface area contributed by atoms with E-state index in [1.54, 1.807) is 30.6 Å². The molecule has 1 fully saturated rings. The minimum absolute atomic E-state index is 0.00647. The summed E-state index contributed by atoms with van der Waals surface area (Å²) < 4.78 is 13.6. The molecule has 148 valence electrons. The van der Waals surface area contributed by atoms with E-state index in [0.717, 1.165) is 5.56 Å². The summed E-state index contributed by atoms with van der Waals surface area (Å²) in [5.41, 5.74) is 1.63. The summed E-state index contributed by atoms with van der Waals surface area (Å²) in [6.45, 7) is 0.921. The van der Waals surface area contributed by atoms with Crippen molar-refractivity contribution >= 4 is 11.8 Å². The van der Waals surface area contributed by atoms with Gasteiger partial charge in [0.1, 0.15) is 5.82 Å². The smallest absolute Gasteiger partial charge is 0.223 e. The zero-order valence-electron chi connectivity index (χ0n) is 15.9. The zero-order chi connectivity index (χ0) is 19.8. The molecule has 5 nitrogen and oxygen atoms in total. The van der Waals surface area contributed by atoms with E-state index in [2.05, 4.69) is 15.6 Å². The van der Waals surface area contributed by atoms with Crippen molar-refractivity contribution in [3.8, 4) is 0 Å². The van der Waals surface area contributed by atoms with Crippen molar-refractivity contribution in [2.75, 3.05) is 6.54 Å². The fourth-order valence-electron chi connectivity index (χ4n) is 3.62. The molecule has 0 atom stereocenters. The molecule has 1 heterocycles. The first-order chi connectivity index (χ1) is 13.6. The molecule has 28 heavy (non-hydrogen) atoms. The van der Waals surface area contributed by atoms with Gasteiger partial charge in [0, 0.05) is 37.3 Å². The topological polar surface area (TPSA) is 71.1 Å². The Balaban J connectivity index is 1.36. The molecule has 1 aromatic carbocycles. The quantitative estimate of drug-likeness (QED) is 0.772. The van der Waals surface area contributed by atoms with E-state index in [1.165, 1.54) is 6.07 Å². The number of halogens is 1. The SMILES string of the molecule is O=C(NCCc1ccccc1F)C1CCC(C(=O)NCc2ccncc2)CC1. The van der Waals surface area contributed by atoms with Crippen molar-refractivity contribution in [2.24, 2.45) is 11.8 Å². The second kappa shape index (κ2) is 9.97. The molecule has 2 aromatic rings. The molecule has 6 heteroatoms. The monoisotopic (exact) mass is 383 g/mol. The Hall–Kier alpha value is -2.76. The lowest BCUT2D eigenvalue weighted by molar-refractivity contribution is -0.130. The fraction of sp³-hybridized carbons (Fsp3) is 0.409. The van der Waals surface area contributed by atoms with Crippen LogP contribution >= 0.6 is 0 Å². The van der Waals surface area contributed by atoms with E-state index in [-0.39, 0.29) is 29.5 Å². The van der Waals surface area contributed by atoms with Gasteiger partial charge in [-0.1, -0.05) is 18.2 Å². The third kappa shape index (κ3) is 5.62. The van der Waals surface area contributed by atoms with Crippen molar-refractivity contribution in [3.63, 3.8) is 0 Å². The number of rotatable bonds is 7. The number of carbonyl (C=O) groups is 2. The van der Waals surface area contributed by atoms with Crippen molar-refractivity contribution in [3.05, 3.63) is 65.7 Å². The molecular weight excluding hydrogens is 357 g/mol. The summed E-state index contributed by atoms with van der Waals surface area (Å²) >= 11 is 0. The van der Waals surface area contributed by atoms with Gasteiger partial charge in [-0.05, 0) is 61.4 Å². The van der Waals surface area contributed by atoms with Crippen molar-refractivity contribution in [2.45, 2.75) is 38.6 Å². The summed E-state index contributed by atoms with van der Waals surface area (Å²) in [7, 11) is 0. The van der Waals surface area contributed by atoms with Crippen LogP contribution in [0.15, 0.2) is 48.8 Å². The molecule has 1 aromatic heterocycles. The molecule has 1 saturated carbocycles. The molecule has 0 aliphatic heterocycles. The molecule has 1 aliphatic carbocycles. The largest absolute Gasteiger partial charge is 0.356 e. The molecule has 0 spiro atoms. The molecule has 0 unspecified atom stereocenters. The Morgan fingerprint density at radius 2 is 1.54 bits per heavy atom. The highest BCUT2D eigenvalue weighted by Gasteiger charge is 2.29. The molecule has 2 amide bonds. The van der Waals surface area contributed by atoms with Crippen LogP contribution in [-0.4, -0.2) is 23.3 Å². The van der Waals surface area contributed by atoms with Crippen molar-refractivity contribution in [1.82, 2.24) is 15.6 Å². The summed E-state index contributed by atoms with van der Waals surface area (Å²) in [4.78, 5) is 28.7. The number of benzene rings is 1. The maximum absolute atomic E-state index is 13.6. The van der Waals surface area contributed by atoms with Gasteiger partial charge < -0.3 is 10.6 Å². The first-order valence-electron chi connectivity index (χ1n) is 9.81. The standard InChI is InChI=1S/C22H26FN3O2/c23-20-4-2-1-3-17(20)11-14-25-21(27)18-5-7-19(8-6-18)22(28)26-15-16-9-12-24-13-10-16/h1-4,9-10,12-13,18-19H,5-8,11,14-15H2,(H,25,27)(H,26,28). The second-order valence-corrected chi connectivity index (χ2v) is 7.25. The minimum Gasteiger partial charge on any atom is -0.356 e. The first kappa shape index (κ1) is 20.0. The molecule has 0 radical (unpaired) electrons. The predicted molar refractivity (Wildman–Crippen MR) is 105 cm³/mol. The third-order valence-electron chi connectivity index (χ3n) is 5.34. The first-order valence-corrected chi connectivity index (χ1v) is 9.81. The Bertz CT molecular complexity index is 789.